The van der Waals surface area contributed by atoms with Crippen molar-refractivity contribution >= 4 is 34.5 Å². The third kappa shape index (κ3) is 3.17. The molecule has 1 aromatic rings. The number of hydrogen-bond donors (Lipinski definition) is 0. The van der Waals surface area contributed by atoms with Crippen molar-refractivity contribution in [3.63, 3.8) is 0 Å². The molecule has 1 atom stereocenters. The lowest BCUT2D eigenvalue weighted by Crippen LogP contribution is -2.48. The maximum atomic E-state index is 12.5. The topological polar surface area (TPSA) is 42.5 Å². The molecule has 0 spiro atoms. The molecule has 0 amide bonds. The van der Waals surface area contributed by atoms with Crippen LogP contribution in [0.15, 0.2) is 22.8 Å². The predicted molar refractivity (Wildman–Crippen MR) is 87.2 cm³/mol. The molecule has 1 saturated heterocycles. The molecule has 1 aromatic heterocycles. The molecule has 1 aliphatic rings. The lowest BCUT2D eigenvalue weighted by atomic mass is 10.1. The van der Waals surface area contributed by atoms with E-state index in [9.17, 15) is 5.21 Å². The second-order valence-electron chi connectivity index (χ2n) is 5.40. The second-order valence-corrected chi connectivity index (χ2v) is 7.68. The van der Waals surface area contributed by atoms with Crippen molar-refractivity contribution in [3.8, 4) is 0 Å². The number of furan rings is 1. The number of rotatable bonds is 5. The molecule has 0 bridgehead atoms. The third-order valence-electron chi connectivity index (χ3n) is 3.29. The lowest BCUT2D eigenvalue weighted by molar-refractivity contribution is -0.524. The molecule has 2 heterocycles. The van der Waals surface area contributed by atoms with Crippen LogP contribution in [0.5, 0.6) is 0 Å². The van der Waals surface area contributed by atoms with Gasteiger partial charge < -0.3 is 9.62 Å². The average Bonchev–Trinajstić information content (AvgIpc) is 2.92. The molecule has 0 N–H and O–H groups in total. The zero-order valence-electron chi connectivity index (χ0n) is 12.0. The van der Waals surface area contributed by atoms with Gasteiger partial charge in [0.25, 0.3) is 6.17 Å². The monoisotopic (exact) mass is 312 g/mol. The molecule has 0 aliphatic carbocycles. The first-order chi connectivity index (χ1) is 9.45. The fourth-order valence-corrected chi connectivity index (χ4v) is 4.29. The van der Waals surface area contributed by atoms with E-state index in [2.05, 4.69) is 20.8 Å². The summed E-state index contributed by atoms with van der Waals surface area (Å²) in [5.41, 5.74) is 0. The maximum absolute atomic E-state index is 12.5. The Balaban J connectivity index is 2.26. The molecule has 0 aromatic carbocycles. The van der Waals surface area contributed by atoms with E-state index in [-0.39, 0.29) is 10.9 Å². The first kappa shape index (κ1) is 15.4. The van der Waals surface area contributed by atoms with Crippen LogP contribution in [0.4, 0.5) is 0 Å². The van der Waals surface area contributed by atoms with Crippen molar-refractivity contribution < 1.29 is 9.16 Å². The smallest absolute Gasteiger partial charge is 0.254 e. The number of thiocarbonyl (C=S) groups is 1. The van der Waals surface area contributed by atoms with Crippen LogP contribution in [0.3, 0.4) is 0 Å². The van der Waals surface area contributed by atoms with E-state index < -0.39 is 0 Å². The standard InChI is InChI=1S/C14H20N2O2S2/c1-4-5-8-15-12(14(2,3)20-13(15)19)16(17)10-11-7-6-9-18-11/h6-7,9-10,12H,4-5,8H2,1-3H3. The van der Waals surface area contributed by atoms with Crippen LogP contribution in [0.1, 0.15) is 39.4 Å². The van der Waals surface area contributed by atoms with Gasteiger partial charge in [-0.25, -0.2) is 0 Å². The molecule has 1 fully saturated rings. The Bertz CT molecular complexity index is 497. The maximum Gasteiger partial charge on any atom is 0.254 e. The predicted octanol–water partition coefficient (Wildman–Crippen LogP) is 3.45. The Morgan fingerprint density at radius 3 is 2.95 bits per heavy atom. The largest absolute Gasteiger partial charge is 0.622 e. The van der Waals surface area contributed by atoms with Gasteiger partial charge in [0.05, 0.1) is 6.26 Å². The Morgan fingerprint density at radius 2 is 2.35 bits per heavy atom. The number of nitrogens with zero attached hydrogens (tertiary/aromatic N) is 2. The van der Waals surface area contributed by atoms with Gasteiger partial charge in [-0.3, -0.25) is 4.90 Å². The highest BCUT2D eigenvalue weighted by Crippen LogP contribution is 2.41. The zero-order chi connectivity index (χ0) is 14.8. The van der Waals surface area contributed by atoms with E-state index in [1.165, 1.54) is 6.21 Å². The summed E-state index contributed by atoms with van der Waals surface area (Å²) in [6.07, 6.45) is 4.88. The third-order valence-corrected chi connectivity index (χ3v) is 4.92. The fourth-order valence-electron chi connectivity index (χ4n) is 2.36. The molecule has 0 saturated carbocycles. The highest BCUT2D eigenvalue weighted by molar-refractivity contribution is 8.24. The quantitative estimate of drug-likeness (QED) is 0.274. The van der Waals surface area contributed by atoms with Gasteiger partial charge in [-0.05, 0) is 32.4 Å². The summed E-state index contributed by atoms with van der Waals surface area (Å²) in [7, 11) is 0. The molecular formula is C14H20N2O2S2. The molecule has 1 unspecified atom stereocenters. The molecule has 6 heteroatoms. The van der Waals surface area contributed by atoms with Crippen LogP contribution in [-0.4, -0.2) is 37.6 Å². The first-order valence-corrected chi connectivity index (χ1v) is 8.01. The molecule has 20 heavy (non-hydrogen) atoms. The van der Waals surface area contributed by atoms with Gasteiger partial charge in [0.15, 0.2) is 5.76 Å². The summed E-state index contributed by atoms with van der Waals surface area (Å²) < 4.78 is 6.76. The highest BCUT2D eigenvalue weighted by Gasteiger charge is 2.50. The second kappa shape index (κ2) is 6.18. The molecule has 4 nitrogen and oxygen atoms in total. The molecular weight excluding hydrogens is 292 g/mol. The van der Waals surface area contributed by atoms with E-state index in [1.54, 1.807) is 30.2 Å². The first-order valence-electron chi connectivity index (χ1n) is 6.79. The summed E-state index contributed by atoms with van der Waals surface area (Å²) in [5.74, 6) is 0.564. The fraction of sp³-hybridized carbons (Fsp3) is 0.571. The minimum absolute atomic E-state index is 0.240. The zero-order valence-corrected chi connectivity index (χ0v) is 13.7. The highest BCUT2D eigenvalue weighted by atomic mass is 32.2. The number of thioether (sulfide) groups is 1. The summed E-state index contributed by atoms with van der Waals surface area (Å²) in [6, 6.07) is 3.54. The van der Waals surface area contributed by atoms with Gasteiger partial charge >= 0.3 is 0 Å². The van der Waals surface area contributed by atoms with E-state index in [4.69, 9.17) is 16.6 Å². The summed E-state index contributed by atoms with van der Waals surface area (Å²) >= 11 is 7.03. The van der Waals surface area contributed by atoms with Gasteiger partial charge in [-0.1, -0.05) is 37.3 Å². The van der Waals surface area contributed by atoms with Crippen LogP contribution in [0.25, 0.3) is 0 Å². The lowest BCUT2D eigenvalue weighted by Gasteiger charge is -2.29. The number of hydroxylamine groups is 1. The number of hydrogen-bond acceptors (Lipinski definition) is 4. The SMILES string of the molecule is CCCCN1C(=S)SC(C)(C)C1[N+]([O-])=Cc1ccco1. The Morgan fingerprint density at radius 1 is 1.60 bits per heavy atom. The van der Waals surface area contributed by atoms with Crippen molar-refractivity contribution in [3.05, 3.63) is 29.4 Å². The van der Waals surface area contributed by atoms with Crippen LogP contribution >= 0.6 is 24.0 Å². The summed E-state index contributed by atoms with van der Waals surface area (Å²) in [6.45, 7) is 7.07. The van der Waals surface area contributed by atoms with Crippen LogP contribution in [0, 0.1) is 5.21 Å². The van der Waals surface area contributed by atoms with Crippen molar-refractivity contribution in [2.24, 2.45) is 0 Å². The summed E-state index contributed by atoms with van der Waals surface area (Å²) in [5, 5.41) is 12.5. The Hall–Kier alpha value is -1.01. The number of unbranched alkanes of at least 4 members (excludes halogenated alkanes) is 1. The summed E-state index contributed by atoms with van der Waals surface area (Å²) in [4.78, 5) is 2.04. The van der Waals surface area contributed by atoms with E-state index >= 15 is 0 Å². The van der Waals surface area contributed by atoms with Crippen molar-refractivity contribution in [2.45, 2.75) is 44.5 Å². The van der Waals surface area contributed by atoms with Crippen LogP contribution in [-0.2, 0) is 0 Å². The van der Waals surface area contributed by atoms with Gasteiger partial charge in [0.1, 0.15) is 9.07 Å². The van der Waals surface area contributed by atoms with Crippen LogP contribution < -0.4 is 0 Å². The van der Waals surface area contributed by atoms with Gasteiger partial charge in [0, 0.05) is 6.54 Å². The van der Waals surface area contributed by atoms with Gasteiger partial charge in [0.2, 0.25) is 6.21 Å². The van der Waals surface area contributed by atoms with E-state index in [0.29, 0.717) is 5.76 Å². The van der Waals surface area contributed by atoms with Crippen LogP contribution in [0.2, 0.25) is 0 Å². The van der Waals surface area contributed by atoms with Crippen molar-refractivity contribution in [1.82, 2.24) is 4.90 Å². The molecule has 110 valence electrons. The Labute approximate surface area is 129 Å². The van der Waals surface area contributed by atoms with E-state index in [0.717, 1.165) is 28.4 Å². The average molecular weight is 312 g/mol. The van der Waals surface area contributed by atoms with Crippen molar-refractivity contribution in [1.29, 1.82) is 0 Å². The van der Waals surface area contributed by atoms with Gasteiger partial charge in [-0.2, -0.15) is 4.74 Å². The normalized spacial score (nSPS) is 22.6. The van der Waals surface area contributed by atoms with Crippen molar-refractivity contribution in [2.75, 3.05) is 6.54 Å². The minimum Gasteiger partial charge on any atom is -0.622 e. The molecule has 1 aliphatic heterocycles. The minimum atomic E-state index is -0.295. The van der Waals surface area contributed by atoms with Gasteiger partial charge in [-0.15, -0.1) is 0 Å². The molecule has 0 radical (unpaired) electrons. The van der Waals surface area contributed by atoms with E-state index in [1.807, 2.05) is 4.90 Å². The molecule has 2 rings (SSSR count). The Kier molecular flexibility index (Phi) is 4.75.